The third kappa shape index (κ3) is 6.90. The van der Waals surface area contributed by atoms with Gasteiger partial charge >= 0.3 is 0 Å². The molecule has 8 atom stereocenters. The van der Waals surface area contributed by atoms with Crippen LogP contribution in [0.15, 0.2) is 25.0 Å². The maximum absolute atomic E-state index is 10.6. The molecule has 1 saturated carbocycles. The number of aromatic nitrogens is 6. The molecule has 15 nitrogen and oxygen atoms in total. The number of fused-ring (bicyclic) bond motifs is 2. The molecule has 0 unspecified atom stereocenters. The highest BCUT2D eigenvalue weighted by Gasteiger charge is 2.49. The fraction of sp³-hybridized carbons (Fsp3) is 0.625. The molecule has 2 fully saturated rings. The summed E-state index contributed by atoms with van der Waals surface area (Å²) in [4.78, 5) is 26.2. The lowest BCUT2D eigenvalue weighted by Gasteiger charge is -2.31. The highest BCUT2D eigenvalue weighted by Crippen LogP contribution is 2.42. The minimum atomic E-state index is -1.02. The number of nitrogens with zero attached hydrogens (tertiary/aromatic N) is 8. The van der Waals surface area contributed by atoms with E-state index in [0.717, 1.165) is 44.6 Å². The average molecular weight is 658 g/mol. The second-order valence-electron chi connectivity index (χ2n) is 13.0. The van der Waals surface area contributed by atoms with Crippen LogP contribution in [0.2, 0.25) is 0 Å². The summed E-state index contributed by atoms with van der Waals surface area (Å²) in [6.45, 7) is 4.66. The summed E-state index contributed by atoms with van der Waals surface area (Å²) >= 11 is 0. The summed E-state index contributed by atoms with van der Waals surface area (Å²) in [5.41, 5.74) is 6.74. The quantitative estimate of drug-likeness (QED) is 0.133. The summed E-state index contributed by atoms with van der Waals surface area (Å²) < 4.78 is 2.07. The Kier molecular flexibility index (Phi) is 11.7. The average Bonchev–Trinajstić information content (AvgIpc) is 3.73. The molecule has 0 aromatic carbocycles. The monoisotopic (exact) mass is 657 g/mol. The second kappa shape index (κ2) is 15.0. The zero-order valence-electron chi connectivity index (χ0n) is 27.2. The van der Waals surface area contributed by atoms with Gasteiger partial charge in [0.2, 0.25) is 0 Å². The molecule has 0 spiro atoms. The van der Waals surface area contributed by atoms with Crippen LogP contribution >= 0.6 is 0 Å². The topological polar surface area (TPSA) is 203 Å². The number of aliphatic hydroxyl groups excluding tert-OH is 6. The van der Waals surface area contributed by atoms with Gasteiger partial charge in [0.15, 0.2) is 0 Å². The first kappa shape index (κ1) is 36.7. The van der Waals surface area contributed by atoms with Gasteiger partial charge < -0.3 is 40.2 Å². The Morgan fingerprint density at radius 2 is 1.43 bits per heavy atom. The number of hydrogen-bond acceptors (Lipinski definition) is 13. The van der Waals surface area contributed by atoms with Crippen molar-refractivity contribution in [1.29, 1.82) is 0 Å². The van der Waals surface area contributed by atoms with E-state index in [4.69, 9.17) is 0 Å². The predicted octanol–water partition coefficient (Wildman–Crippen LogP) is -0.0627. The van der Waals surface area contributed by atoms with E-state index in [9.17, 15) is 30.6 Å². The Morgan fingerprint density at radius 3 is 2.02 bits per heavy atom. The Balaban J connectivity index is 0.000000208. The molecular formula is C32H51N9O6. The van der Waals surface area contributed by atoms with E-state index in [1.807, 2.05) is 62.9 Å². The van der Waals surface area contributed by atoms with Crippen LogP contribution in [0.1, 0.15) is 48.3 Å². The molecule has 0 radical (unpaired) electrons. The largest absolute Gasteiger partial charge is 0.396 e. The van der Waals surface area contributed by atoms with Gasteiger partial charge in [-0.05, 0) is 48.5 Å². The van der Waals surface area contributed by atoms with E-state index in [1.165, 1.54) is 12.7 Å². The molecule has 2 aliphatic rings. The van der Waals surface area contributed by atoms with Crippen LogP contribution < -0.4 is 0 Å². The minimum absolute atomic E-state index is 0. The number of nitrogens with one attached hydrogen (secondary N) is 1. The first-order valence-electron chi connectivity index (χ1n) is 15.5. The number of rotatable bonds is 8. The van der Waals surface area contributed by atoms with Gasteiger partial charge in [-0.2, -0.15) is 0 Å². The summed E-state index contributed by atoms with van der Waals surface area (Å²) in [5, 5.41) is 60.4. The molecule has 47 heavy (non-hydrogen) atoms. The van der Waals surface area contributed by atoms with E-state index in [-0.39, 0.29) is 32.5 Å². The van der Waals surface area contributed by atoms with Gasteiger partial charge in [0.25, 0.3) is 0 Å². The van der Waals surface area contributed by atoms with Gasteiger partial charge in [0.05, 0.1) is 83.8 Å². The Morgan fingerprint density at radius 1 is 0.787 bits per heavy atom. The molecule has 260 valence electrons. The Labute approximate surface area is 275 Å². The number of aryl methyl sites for hydroxylation is 2. The Hall–Kier alpha value is -3.12. The molecular weight excluding hydrogens is 606 g/mol. The van der Waals surface area contributed by atoms with Gasteiger partial charge in [0, 0.05) is 42.0 Å². The Bertz CT molecular complexity index is 1630. The van der Waals surface area contributed by atoms with Crippen molar-refractivity contribution in [1.82, 2.24) is 44.2 Å². The molecule has 5 heterocycles. The molecule has 1 aliphatic carbocycles. The molecule has 4 aromatic heterocycles. The number of aromatic amines is 1. The lowest BCUT2D eigenvalue weighted by Crippen LogP contribution is -2.43. The molecule has 15 heteroatoms. The van der Waals surface area contributed by atoms with Crippen molar-refractivity contribution in [3.05, 3.63) is 47.6 Å². The van der Waals surface area contributed by atoms with Crippen molar-refractivity contribution >= 4 is 22.1 Å². The molecule has 4 aromatic rings. The SMILES string of the molecule is C.Cc1ncnc2c([C@@H]3C[C@H](CO)[C@@H](O)[C@H]3O)cn(CN(C)C)c12.Cc1ncnc2c([C@H]3[C@H](O)[C@H](O)[C@@H](CO)N3CN(C)C)c[nH]c12. The lowest BCUT2D eigenvalue weighted by atomic mass is 9.96. The fourth-order valence-electron chi connectivity index (χ4n) is 7.04. The van der Waals surface area contributed by atoms with Crippen LogP contribution in [0.5, 0.6) is 0 Å². The fourth-order valence-corrected chi connectivity index (χ4v) is 7.04. The van der Waals surface area contributed by atoms with Crippen molar-refractivity contribution in [3.8, 4) is 0 Å². The first-order valence-corrected chi connectivity index (χ1v) is 15.5. The summed E-state index contributed by atoms with van der Waals surface area (Å²) in [5.74, 6) is -0.535. The smallest absolute Gasteiger partial charge is 0.116 e. The van der Waals surface area contributed by atoms with Crippen molar-refractivity contribution in [2.45, 2.75) is 76.8 Å². The maximum atomic E-state index is 10.6. The van der Waals surface area contributed by atoms with E-state index in [0.29, 0.717) is 19.8 Å². The van der Waals surface area contributed by atoms with Crippen LogP contribution in [-0.2, 0) is 6.67 Å². The third-order valence-electron chi connectivity index (χ3n) is 9.22. The zero-order chi connectivity index (χ0) is 33.4. The third-order valence-corrected chi connectivity index (χ3v) is 9.22. The van der Waals surface area contributed by atoms with Crippen molar-refractivity contribution in [3.63, 3.8) is 0 Å². The number of aliphatic hydroxyl groups is 6. The molecule has 0 bridgehead atoms. The van der Waals surface area contributed by atoms with E-state index in [1.54, 1.807) is 6.20 Å². The van der Waals surface area contributed by atoms with Crippen molar-refractivity contribution < 1.29 is 30.6 Å². The minimum Gasteiger partial charge on any atom is -0.396 e. The zero-order valence-corrected chi connectivity index (χ0v) is 27.2. The molecule has 1 saturated heterocycles. The summed E-state index contributed by atoms with van der Waals surface area (Å²) in [7, 11) is 7.79. The summed E-state index contributed by atoms with van der Waals surface area (Å²) in [6, 6.07) is -0.974. The molecule has 0 amide bonds. The highest BCUT2D eigenvalue weighted by atomic mass is 16.3. The van der Waals surface area contributed by atoms with Gasteiger partial charge in [-0.1, -0.05) is 7.43 Å². The molecule has 6 rings (SSSR count). The maximum Gasteiger partial charge on any atom is 0.116 e. The lowest BCUT2D eigenvalue weighted by molar-refractivity contribution is 0.00239. The van der Waals surface area contributed by atoms with Crippen LogP contribution in [-0.4, -0.2) is 153 Å². The standard InChI is InChI=1S/C16H24N4O3.C15H23N5O3.CH4/c1-9-14-13(18-7-17-9)12(5-20(14)8-19(2)3)11-4-10(6-21)15(22)16(11)23;1-8-11-12(18-6-17-8)9(4-16-11)13-15(23)14(22)10(5-21)20(13)7-19(2)3;/h5,7,10-11,15-16,21-23H,4,6,8H2,1-3H3;4,6,10,13-16,21-23H,5,7H2,1-3H3;1H4/t10-,11+,15-,16+;10-,13+,14-,15+;/m11./s1. The first-order chi connectivity index (χ1) is 21.9. The number of likely N-dealkylation sites (tertiary alicyclic amines) is 1. The van der Waals surface area contributed by atoms with Crippen LogP contribution in [0.3, 0.4) is 0 Å². The van der Waals surface area contributed by atoms with E-state index < -0.39 is 36.5 Å². The highest BCUT2D eigenvalue weighted by molar-refractivity contribution is 5.82. The van der Waals surface area contributed by atoms with Crippen molar-refractivity contribution in [2.24, 2.45) is 5.92 Å². The normalized spacial score (nSPS) is 28.0. The molecule has 7 N–H and O–H groups in total. The van der Waals surface area contributed by atoms with E-state index in [2.05, 4.69) is 29.5 Å². The predicted molar refractivity (Wildman–Crippen MR) is 177 cm³/mol. The van der Waals surface area contributed by atoms with Gasteiger partial charge in [-0.25, -0.2) is 19.9 Å². The van der Waals surface area contributed by atoms with Crippen LogP contribution in [0.4, 0.5) is 0 Å². The van der Waals surface area contributed by atoms with Gasteiger partial charge in [0.1, 0.15) is 18.8 Å². The summed E-state index contributed by atoms with van der Waals surface area (Å²) in [6.07, 6.45) is 3.56. The number of hydrogen-bond donors (Lipinski definition) is 7. The molecule has 1 aliphatic heterocycles. The van der Waals surface area contributed by atoms with Crippen LogP contribution in [0, 0.1) is 19.8 Å². The second-order valence-corrected chi connectivity index (χ2v) is 13.0. The van der Waals surface area contributed by atoms with Gasteiger partial charge in [-0.15, -0.1) is 0 Å². The van der Waals surface area contributed by atoms with Crippen LogP contribution in [0.25, 0.3) is 22.1 Å². The van der Waals surface area contributed by atoms with E-state index >= 15 is 0 Å². The number of H-pyrrole nitrogens is 1. The van der Waals surface area contributed by atoms with Crippen molar-refractivity contribution in [2.75, 3.05) is 48.1 Å². The van der Waals surface area contributed by atoms with Gasteiger partial charge in [-0.3, -0.25) is 14.7 Å².